The highest BCUT2D eigenvalue weighted by Gasteiger charge is 2.41. The summed E-state index contributed by atoms with van der Waals surface area (Å²) in [5.74, 6) is 2.37. The summed E-state index contributed by atoms with van der Waals surface area (Å²) in [5, 5.41) is 0. The van der Waals surface area contributed by atoms with Crippen molar-refractivity contribution in [1.29, 1.82) is 0 Å². The molecule has 0 spiro atoms. The topological polar surface area (TPSA) is 93.2 Å². The predicted octanol–water partition coefficient (Wildman–Crippen LogP) is 8.82. The van der Waals surface area contributed by atoms with E-state index < -0.39 is 19.7 Å². The summed E-state index contributed by atoms with van der Waals surface area (Å²) in [4.78, 5) is 2.69. The highest BCUT2D eigenvalue weighted by atomic mass is 32.2. The molecule has 0 aliphatic carbocycles. The fourth-order valence-electron chi connectivity index (χ4n) is 6.34. The zero-order valence-electron chi connectivity index (χ0n) is 23.9. The Hall–Kier alpha value is -5.58. The highest BCUT2D eigenvalue weighted by molar-refractivity contribution is 7.97. The van der Waals surface area contributed by atoms with Crippen molar-refractivity contribution < 1.29 is 26.3 Å². The fraction of sp³-hybridized carbons (Fsp3) is 0. The first kappa shape index (κ1) is 26.8. The van der Waals surface area contributed by atoms with Crippen molar-refractivity contribution in [2.45, 2.75) is 19.6 Å². The molecule has 0 N–H and O–H groups in total. The zero-order valence-corrected chi connectivity index (χ0v) is 25.5. The van der Waals surface area contributed by atoms with Gasteiger partial charge in [0.15, 0.2) is 23.0 Å². The summed E-state index contributed by atoms with van der Waals surface area (Å²) in [6.45, 7) is 0. The lowest BCUT2D eigenvalue weighted by Crippen LogP contribution is -2.22. The van der Waals surface area contributed by atoms with Crippen LogP contribution in [-0.2, 0) is 19.7 Å². The Morgan fingerprint density at radius 3 is 1.02 bits per heavy atom. The smallest absolute Gasteiger partial charge is 0.209 e. The predicted molar refractivity (Wildman–Crippen MR) is 173 cm³/mol. The highest BCUT2D eigenvalue weighted by Crippen LogP contribution is 2.54. The van der Waals surface area contributed by atoms with Crippen LogP contribution in [-0.4, -0.2) is 16.8 Å². The first-order valence-corrected chi connectivity index (χ1v) is 17.4. The number of sulfone groups is 2. The minimum absolute atomic E-state index is 0.256. The van der Waals surface area contributed by atoms with E-state index in [0.29, 0.717) is 57.1 Å². The molecule has 0 saturated heterocycles. The van der Waals surface area contributed by atoms with Crippen molar-refractivity contribution in [3.05, 3.63) is 133 Å². The molecule has 46 heavy (non-hydrogen) atoms. The number of hydrogen-bond acceptors (Lipinski definition) is 8. The van der Waals surface area contributed by atoms with Crippen molar-refractivity contribution in [3.8, 4) is 23.0 Å². The average molecular weight is 643 g/mol. The molecule has 8 nitrogen and oxygen atoms in total. The van der Waals surface area contributed by atoms with Gasteiger partial charge in [-0.05, 0) is 84.9 Å². The van der Waals surface area contributed by atoms with E-state index in [9.17, 15) is 16.8 Å². The van der Waals surface area contributed by atoms with Gasteiger partial charge in [0.25, 0.3) is 0 Å². The van der Waals surface area contributed by atoms with E-state index in [1.54, 1.807) is 12.1 Å². The van der Waals surface area contributed by atoms with Gasteiger partial charge in [0, 0.05) is 11.4 Å². The van der Waals surface area contributed by atoms with Crippen LogP contribution in [0.15, 0.2) is 153 Å². The minimum Gasteiger partial charge on any atom is -0.453 e. The van der Waals surface area contributed by atoms with Gasteiger partial charge in [0.05, 0.1) is 42.3 Å². The summed E-state index contributed by atoms with van der Waals surface area (Å²) < 4.78 is 69.2. The number of nitrogens with zero attached hydrogens (tertiary/aromatic N) is 2. The number of anilines is 6. The number of fused-ring (bicyclic) bond motifs is 6. The van der Waals surface area contributed by atoms with Gasteiger partial charge in [0.1, 0.15) is 0 Å². The van der Waals surface area contributed by atoms with Crippen molar-refractivity contribution >= 4 is 53.8 Å². The molecule has 10 heteroatoms. The van der Waals surface area contributed by atoms with Gasteiger partial charge in [-0.15, -0.1) is 0 Å². The Morgan fingerprint density at radius 2 is 0.674 bits per heavy atom. The molecular weight excluding hydrogens is 621 g/mol. The molecule has 0 radical (unpaired) electrons. The Kier molecular flexibility index (Phi) is 5.51. The van der Waals surface area contributed by atoms with Gasteiger partial charge in [-0.3, -0.25) is 0 Å². The summed E-state index contributed by atoms with van der Waals surface area (Å²) in [6, 6.07) is 38.6. The summed E-state index contributed by atoms with van der Waals surface area (Å²) >= 11 is 0. The third-order valence-electron chi connectivity index (χ3n) is 8.39. The standard InChI is InChI=1S/C36H22N2O6S2/c39-45(40)33-19-17-23(37-25-9-1-5-13-29(25)43-30-14-6-2-10-26(30)37)21-35(33)46(41,42)36-22-24(18-20-34(36)45)38-27-11-3-7-15-31(27)44-32-16-8-4-12-28(32)38/h1-22H. The van der Waals surface area contributed by atoms with Crippen molar-refractivity contribution in [2.75, 3.05) is 9.80 Å². The number of hydrogen-bond donors (Lipinski definition) is 0. The Morgan fingerprint density at radius 1 is 0.370 bits per heavy atom. The van der Waals surface area contributed by atoms with E-state index in [4.69, 9.17) is 9.47 Å². The lowest BCUT2D eigenvalue weighted by atomic mass is 10.1. The molecule has 9 rings (SSSR count). The molecule has 3 aliphatic rings. The van der Waals surface area contributed by atoms with Crippen LogP contribution in [0.1, 0.15) is 0 Å². The first-order valence-electron chi connectivity index (χ1n) is 14.4. The largest absolute Gasteiger partial charge is 0.453 e. The molecule has 0 amide bonds. The molecule has 0 fully saturated rings. The third-order valence-corrected chi connectivity index (χ3v) is 12.4. The van der Waals surface area contributed by atoms with Gasteiger partial charge >= 0.3 is 0 Å². The van der Waals surface area contributed by atoms with Crippen LogP contribution in [0, 0.1) is 0 Å². The molecule has 0 bridgehead atoms. The lowest BCUT2D eigenvalue weighted by molar-refractivity contribution is 0.476. The second-order valence-corrected chi connectivity index (χ2v) is 14.8. The third kappa shape index (κ3) is 3.71. The molecule has 0 aromatic heterocycles. The Balaban J connectivity index is 1.23. The summed E-state index contributed by atoms with van der Waals surface area (Å²) in [6.07, 6.45) is 0. The quantitative estimate of drug-likeness (QED) is 0.185. The maximum atomic E-state index is 14.5. The molecule has 0 unspecified atom stereocenters. The second-order valence-electron chi connectivity index (χ2n) is 11.0. The van der Waals surface area contributed by atoms with E-state index >= 15 is 0 Å². The van der Waals surface area contributed by atoms with Gasteiger partial charge < -0.3 is 19.3 Å². The molecule has 224 valence electrons. The maximum absolute atomic E-state index is 14.5. The SMILES string of the molecule is O=S1(=O)c2ccc(N3c4ccccc4Oc4ccccc43)cc2S(=O)(=O)c2cc(N3c4ccccc4Oc4ccccc43)ccc21. The normalized spacial score (nSPS) is 15.9. The van der Waals surface area contributed by atoms with E-state index in [2.05, 4.69) is 0 Å². The fourth-order valence-corrected chi connectivity index (χ4v) is 10.5. The van der Waals surface area contributed by atoms with Crippen LogP contribution >= 0.6 is 0 Å². The van der Waals surface area contributed by atoms with Gasteiger partial charge in [0.2, 0.25) is 19.7 Å². The maximum Gasteiger partial charge on any atom is 0.209 e. The summed E-state index contributed by atoms with van der Waals surface area (Å²) in [5.41, 5.74) is 3.76. The van der Waals surface area contributed by atoms with Crippen LogP contribution in [0.3, 0.4) is 0 Å². The van der Waals surface area contributed by atoms with Crippen LogP contribution in [0.5, 0.6) is 23.0 Å². The van der Waals surface area contributed by atoms with Gasteiger partial charge in [-0.25, -0.2) is 16.8 Å². The lowest BCUT2D eigenvalue weighted by Gasteiger charge is -2.34. The molecule has 3 heterocycles. The first-order chi connectivity index (χ1) is 22.3. The minimum atomic E-state index is -4.30. The number of rotatable bonds is 2. The number of para-hydroxylation sites is 8. The Labute approximate surface area is 265 Å². The monoisotopic (exact) mass is 642 g/mol. The number of ether oxygens (including phenoxy) is 2. The second kappa shape index (κ2) is 9.46. The molecular formula is C36H22N2O6S2. The van der Waals surface area contributed by atoms with Crippen LogP contribution in [0.4, 0.5) is 34.1 Å². The molecule has 6 aromatic carbocycles. The number of benzene rings is 6. The summed E-state index contributed by atoms with van der Waals surface area (Å²) in [7, 11) is -8.47. The van der Waals surface area contributed by atoms with E-state index in [0.717, 1.165) is 0 Å². The van der Waals surface area contributed by atoms with E-state index in [1.165, 1.54) is 24.3 Å². The van der Waals surface area contributed by atoms with Crippen molar-refractivity contribution in [1.82, 2.24) is 0 Å². The molecule has 6 aromatic rings. The Bertz CT molecular complexity index is 2240. The van der Waals surface area contributed by atoms with Crippen LogP contribution in [0.2, 0.25) is 0 Å². The van der Waals surface area contributed by atoms with Crippen LogP contribution < -0.4 is 19.3 Å². The molecule has 0 atom stereocenters. The van der Waals surface area contributed by atoms with E-state index in [1.807, 2.05) is 107 Å². The van der Waals surface area contributed by atoms with Gasteiger partial charge in [-0.1, -0.05) is 48.5 Å². The van der Waals surface area contributed by atoms with Gasteiger partial charge in [-0.2, -0.15) is 0 Å². The van der Waals surface area contributed by atoms with Crippen molar-refractivity contribution in [2.24, 2.45) is 0 Å². The average Bonchev–Trinajstić information content (AvgIpc) is 3.08. The zero-order chi connectivity index (χ0) is 31.2. The molecule has 3 aliphatic heterocycles. The molecule has 0 saturated carbocycles. The van der Waals surface area contributed by atoms with Crippen LogP contribution in [0.25, 0.3) is 0 Å². The van der Waals surface area contributed by atoms with Crippen molar-refractivity contribution in [3.63, 3.8) is 0 Å². The van der Waals surface area contributed by atoms with E-state index in [-0.39, 0.29) is 19.6 Å².